The first-order chi connectivity index (χ1) is 19.8. The van der Waals surface area contributed by atoms with Crippen LogP contribution in [-0.2, 0) is 28.7 Å². The molecule has 0 spiro atoms. The molecule has 0 saturated carbocycles. The van der Waals surface area contributed by atoms with Gasteiger partial charge in [-0.15, -0.1) is 0 Å². The normalized spacial score (nSPS) is 9.30. The molecule has 0 radical (unpaired) electrons. The van der Waals surface area contributed by atoms with Gasteiger partial charge in [-0.25, -0.2) is 24.0 Å². The molecule has 0 fully saturated rings. The van der Waals surface area contributed by atoms with Crippen LogP contribution in [0.3, 0.4) is 0 Å². The van der Waals surface area contributed by atoms with Gasteiger partial charge in [-0.2, -0.15) is 0 Å². The van der Waals surface area contributed by atoms with Crippen LogP contribution in [0.2, 0.25) is 0 Å². The van der Waals surface area contributed by atoms with Crippen LogP contribution in [0.15, 0.2) is 63.3 Å². The van der Waals surface area contributed by atoms with Gasteiger partial charge in [-0.1, -0.05) is 32.9 Å². The second kappa shape index (κ2) is 33.9. The Balaban J connectivity index is -0.000000112. The van der Waals surface area contributed by atoms with Crippen LogP contribution >= 0.6 is 0 Å². The van der Waals surface area contributed by atoms with Gasteiger partial charge in [-0.3, -0.25) is 0 Å². The molecule has 0 unspecified atom stereocenters. The van der Waals surface area contributed by atoms with Crippen LogP contribution in [0.1, 0.15) is 0 Å². The number of ether oxygens (including phenoxy) is 1. The molecular formula is C25H42O18. The molecule has 0 aliphatic rings. The van der Waals surface area contributed by atoms with E-state index in [-0.39, 0.29) is 6.61 Å². The number of carboxylic acid groups (broad SMARTS) is 5. The lowest BCUT2D eigenvalue weighted by Crippen LogP contribution is -2.47. The minimum absolute atomic E-state index is 0.259. The van der Waals surface area contributed by atoms with E-state index in [2.05, 4.69) is 32.9 Å². The Bertz CT molecular complexity index is 713. The lowest BCUT2D eigenvalue weighted by Gasteiger charge is -2.33. The van der Waals surface area contributed by atoms with Crippen LogP contribution in [0.4, 0.5) is 0 Å². The van der Waals surface area contributed by atoms with Crippen molar-refractivity contribution >= 4 is 29.8 Å². The lowest BCUT2D eigenvalue weighted by atomic mass is 9.89. The molecule has 18 heteroatoms. The molecule has 12 N–H and O–H groups in total. The van der Waals surface area contributed by atoms with Gasteiger partial charge in [0.05, 0.1) is 57.1 Å². The average Bonchev–Trinajstić information content (AvgIpc) is 2.99. The van der Waals surface area contributed by atoms with E-state index in [4.69, 9.17) is 66.0 Å². The van der Waals surface area contributed by atoms with Crippen LogP contribution in [0, 0.1) is 10.8 Å². The largest absolute Gasteiger partial charge is 0.478 e. The number of rotatable bonds is 15. The monoisotopic (exact) mass is 630 g/mol. The van der Waals surface area contributed by atoms with Gasteiger partial charge < -0.3 is 66.0 Å². The molecule has 0 bridgehead atoms. The molecule has 0 aromatic carbocycles. The fourth-order valence-electron chi connectivity index (χ4n) is 1.14. The van der Waals surface area contributed by atoms with Crippen molar-refractivity contribution in [1.29, 1.82) is 0 Å². The molecule has 0 aromatic rings. The molecule has 0 saturated heterocycles. The summed E-state index contributed by atoms with van der Waals surface area (Å²) in [4.78, 5) is 46.2. The Morgan fingerprint density at radius 2 is 0.721 bits per heavy atom. The summed E-state index contributed by atoms with van der Waals surface area (Å²) in [6, 6.07) is 0. The summed E-state index contributed by atoms with van der Waals surface area (Å²) in [5, 5.41) is 101. The predicted molar refractivity (Wildman–Crippen MR) is 149 cm³/mol. The molecule has 0 rings (SSSR count). The minimum atomic E-state index is -1.99. The number of aliphatic carboxylic acids is 5. The summed E-state index contributed by atoms with van der Waals surface area (Å²) < 4.78 is 5.06. The minimum Gasteiger partial charge on any atom is -0.478 e. The van der Waals surface area contributed by atoms with Crippen LogP contribution in [0.5, 0.6) is 0 Å². The zero-order valence-corrected chi connectivity index (χ0v) is 23.3. The third kappa shape index (κ3) is 39.9. The second-order valence-corrected chi connectivity index (χ2v) is 7.23. The number of aliphatic hydroxyl groups is 7. The summed E-state index contributed by atoms with van der Waals surface area (Å²) in [6.45, 7) is 11.1. The molecule has 250 valence electrons. The Hall–Kier alpha value is -4.27. The van der Waals surface area contributed by atoms with E-state index in [9.17, 15) is 24.0 Å². The first kappa shape index (κ1) is 51.5. The van der Waals surface area contributed by atoms with E-state index < -0.39 is 86.6 Å². The first-order valence-electron chi connectivity index (χ1n) is 11.1. The standard InChI is InChI=1S/C10H22O8.5C3H4O2/c11-1-9(2-12,3-13)6-18-7-10(4-14,5-15)8(16)17;5*1-2-3(4)5/h8,11-17H,1-7H2;5*2H,1H2,(H,4,5). The lowest BCUT2D eigenvalue weighted by molar-refractivity contribution is -0.197. The van der Waals surface area contributed by atoms with Gasteiger partial charge in [0.15, 0.2) is 6.29 Å². The van der Waals surface area contributed by atoms with Crippen LogP contribution in [-0.4, -0.2) is 144 Å². The molecule has 0 heterocycles. The molecule has 0 aliphatic heterocycles. The highest BCUT2D eigenvalue weighted by molar-refractivity contribution is 5.80. The molecular weight excluding hydrogens is 588 g/mol. The van der Waals surface area contributed by atoms with E-state index in [0.717, 1.165) is 30.4 Å². The van der Waals surface area contributed by atoms with Crippen molar-refractivity contribution in [1.82, 2.24) is 0 Å². The number of hydrogen-bond acceptors (Lipinski definition) is 13. The smallest absolute Gasteiger partial charge is 0.327 e. The maximum atomic E-state index is 9.25. The van der Waals surface area contributed by atoms with Crippen molar-refractivity contribution in [2.45, 2.75) is 6.29 Å². The van der Waals surface area contributed by atoms with Crippen molar-refractivity contribution in [3.8, 4) is 0 Å². The van der Waals surface area contributed by atoms with Gasteiger partial charge in [-0.05, 0) is 0 Å². The average molecular weight is 631 g/mol. The summed E-state index contributed by atoms with van der Waals surface area (Å²) in [7, 11) is 0. The fourth-order valence-corrected chi connectivity index (χ4v) is 1.14. The summed E-state index contributed by atoms with van der Waals surface area (Å²) in [6.07, 6.45) is 2.18. The highest BCUT2D eigenvalue weighted by Crippen LogP contribution is 2.22. The maximum absolute atomic E-state index is 9.25. The summed E-state index contributed by atoms with van der Waals surface area (Å²) in [5.41, 5.74) is -2.90. The number of aliphatic hydroxyl groups excluding tert-OH is 6. The first-order valence-corrected chi connectivity index (χ1v) is 11.1. The number of hydrogen-bond donors (Lipinski definition) is 12. The van der Waals surface area contributed by atoms with Crippen LogP contribution < -0.4 is 0 Å². The van der Waals surface area contributed by atoms with E-state index in [1.165, 1.54) is 0 Å². The molecule has 0 aromatic heterocycles. The Morgan fingerprint density at radius 3 is 0.837 bits per heavy atom. The van der Waals surface area contributed by atoms with Gasteiger partial charge in [0.1, 0.15) is 0 Å². The maximum Gasteiger partial charge on any atom is 0.327 e. The van der Waals surface area contributed by atoms with E-state index in [1.807, 2.05) is 0 Å². The third-order valence-corrected chi connectivity index (χ3v) is 3.85. The fraction of sp³-hybridized carbons (Fsp3) is 0.400. The Labute approximate surface area is 247 Å². The predicted octanol–water partition coefficient (Wildman–Crippen LogP) is -2.47. The second-order valence-electron chi connectivity index (χ2n) is 7.23. The highest BCUT2D eigenvalue weighted by Gasteiger charge is 2.38. The number of carbonyl (C=O) groups is 5. The van der Waals surface area contributed by atoms with Gasteiger partial charge in [0, 0.05) is 30.4 Å². The van der Waals surface area contributed by atoms with Crippen molar-refractivity contribution in [3.63, 3.8) is 0 Å². The van der Waals surface area contributed by atoms with E-state index in [1.54, 1.807) is 0 Å². The number of carboxylic acids is 5. The van der Waals surface area contributed by atoms with Crippen molar-refractivity contribution in [3.05, 3.63) is 63.3 Å². The van der Waals surface area contributed by atoms with Crippen LogP contribution in [0.25, 0.3) is 0 Å². The highest BCUT2D eigenvalue weighted by atomic mass is 16.5. The molecule has 0 amide bonds. The zero-order valence-electron chi connectivity index (χ0n) is 23.3. The third-order valence-electron chi connectivity index (χ3n) is 3.85. The molecule has 0 aliphatic carbocycles. The quantitative estimate of drug-likeness (QED) is 0.0658. The summed E-state index contributed by atoms with van der Waals surface area (Å²) in [5.74, 6) is -4.91. The SMILES string of the molecule is C=CC(=O)O.C=CC(=O)O.C=CC(=O)O.C=CC(=O)O.C=CC(=O)O.OCC(CO)(CO)COCC(CO)(CO)C(O)O. The Morgan fingerprint density at radius 1 is 0.512 bits per heavy atom. The van der Waals surface area contributed by atoms with Gasteiger partial charge in [0.2, 0.25) is 0 Å². The molecule has 18 nitrogen and oxygen atoms in total. The summed E-state index contributed by atoms with van der Waals surface area (Å²) >= 11 is 0. The molecule has 43 heavy (non-hydrogen) atoms. The van der Waals surface area contributed by atoms with E-state index >= 15 is 0 Å². The topological polar surface area (TPSA) is 337 Å². The van der Waals surface area contributed by atoms with Gasteiger partial charge in [0.25, 0.3) is 0 Å². The van der Waals surface area contributed by atoms with Crippen molar-refractivity contribution < 1.29 is 90.0 Å². The van der Waals surface area contributed by atoms with Crippen molar-refractivity contribution in [2.24, 2.45) is 10.8 Å². The molecule has 0 atom stereocenters. The Kier molecular flexibility index (Phi) is 40.6. The van der Waals surface area contributed by atoms with E-state index in [0.29, 0.717) is 0 Å². The van der Waals surface area contributed by atoms with Crippen molar-refractivity contribution in [2.75, 3.05) is 46.2 Å². The van der Waals surface area contributed by atoms with Gasteiger partial charge >= 0.3 is 29.8 Å². The zero-order chi connectivity index (χ0) is 35.7.